The normalized spacial score (nSPS) is 19.8. The molecule has 2 atom stereocenters. The van der Waals surface area contributed by atoms with Crippen LogP contribution in [0.1, 0.15) is 155 Å². The van der Waals surface area contributed by atoms with E-state index in [0.29, 0.717) is 5.17 Å². The highest BCUT2D eigenvalue weighted by atomic mass is 32.1. The quantitative estimate of drug-likeness (QED) is 0.0941. The second kappa shape index (κ2) is 20.5. The predicted molar refractivity (Wildman–Crippen MR) is 189 cm³/mol. The maximum absolute atomic E-state index is 9.61. The number of benzene rings is 1. The van der Waals surface area contributed by atoms with E-state index in [1.54, 1.807) is 0 Å². The number of aliphatic hydroxyl groups excluding tert-OH is 1. The highest BCUT2D eigenvalue weighted by Gasteiger charge is 2.41. The van der Waals surface area contributed by atoms with Gasteiger partial charge in [-0.05, 0) is 79.0 Å². The Morgan fingerprint density at radius 3 is 1.88 bits per heavy atom. The van der Waals surface area contributed by atoms with Crippen molar-refractivity contribution in [1.82, 2.24) is 10.6 Å². The van der Waals surface area contributed by atoms with E-state index >= 15 is 0 Å². The van der Waals surface area contributed by atoms with Gasteiger partial charge in [0.15, 0.2) is 0 Å². The summed E-state index contributed by atoms with van der Waals surface area (Å²) < 4.78 is 6.15. The van der Waals surface area contributed by atoms with Gasteiger partial charge in [-0.3, -0.25) is 0 Å². The van der Waals surface area contributed by atoms with Crippen LogP contribution < -0.4 is 15.4 Å². The molecule has 0 spiro atoms. The van der Waals surface area contributed by atoms with Crippen LogP contribution in [0.25, 0.3) is 0 Å². The van der Waals surface area contributed by atoms with Crippen LogP contribution >= 0.6 is 24.4 Å². The van der Waals surface area contributed by atoms with Crippen molar-refractivity contribution < 1.29 is 9.84 Å². The minimum absolute atomic E-state index is 0.0185. The van der Waals surface area contributed by atoms with Crippen molar-refractivity contribution in [3.8, 4) is 5.75 Å². The Morgan fingerprint density at radius 2 is 1.33 bits per heavy atom. The molecule has 1 aliphatic carbocycles. The zero-order valence-corrected chi connectivity index (χ0v) is 29.0. The molecule has 0 bridgehead atoms. The van der Waals surface area contributed by atoms with Crippen molar-refractivity contribution in [3.63, 3.8) is 0 Å². The molecule has 0 radical (unpaired) electrons. The maximum Gasteiger partial charge on any atom is 0.262 e. The second-order valence-corrected chi connectivity index (χ2v) is 14.9. The third kappa shape index (κ3) is 16.4. The van der Waals surface area contributed by atoms with Crippen LogP contribution in [0.15, 0.2) is 24.3 Å². The van der Waals surface area contributed by atoms with Gasteiger partial charge in [0.25, 0.3) is 10.3 Å². The van der Waals surface area contributed by atoms with E-state index in [1.807, 2.05) is 12.1 Å². The van der Waals surface area contributed by atoms with E-state index in [4.69, 9.17) is 29.2 Å². The van der Waals surface area contributed by atoms with Gasteiger partial charge in [0.05, 0.1) is 0 Å². The highest BCUT2D eigenvalue weighted by Crippen LogP contribution is 2.45. The van der Waals surface area contributed by atoms with E-state index in [-0.39, 0.29) is 22.0 Å². The zero-order chi connectivity index (χ0) is 30.7. The fraction of sp³-hybridized carbons (Fsp3) is 0.778. The van der Waals surface area contributed by atoms with Gasteiger partial charge in [-0.2, -0.15) is 0 Å². The number of nitrogens with one attached hydrogen (secondary N) is 2. The number of hydrogen-bond donors (Lipinski definition) is 3. The van der Waals surface area contributed by atoms with Crippen LogP contribution in [-0.4, -0.2) is 28.0 Å². The molecule has 0 heterocycles. The van der Waals surface area contributed by atoms with E-state index in [9.17, 15) is 5.11 Å². The molecule has 240 valence electrons. The summed E-state index contributed by atoms with van der Waals surface area (Å²) in [6.45, 7) is 9.86. The molecule has 0 amide bonds. The minimum Gasteiger partial charge on any atom is -0.487 e. The first-order valence-electron chi connectivity index (χ1n) is 17.2. The zero-order valence-electron chi connectivity index (χ0n) is 27.4. The summed E-state index contributed by atoms with van der Waals surface area (Å²) in [5.74, 6) is 0.871. The van der Waals surface area contributed by atoms with Gasteiger partial charge in [-0.25, -0.2) is 0 Å². The molecule has 2 unspecified atom stereocenters. The van der Waals surface area contributed by atoms with Crippen LogP contribution in [-0.2, 0) is 6.42 Å². The lowest BCUT2D eigenvalue weighted by atomic mass is 9.62. The van der Waals surface area contributed by atoms with Crippen molar-refractivity contribution in [2.45, 2.75) is 162 Å². The smallest absolute Gasteiger partial charge is 0.262 e. The number of aliphatic hydroxyl groups is 1. The average Bonchev–Trinajstić information content (AvgIpc) is 2.91. The first kappa shape index (κ1) is 36.8. The van der Waals surface area contributed by atoms with Gasteiger partial charge in [0.1, 0.15) is 5.75 Å². The van der Waals surface area contributed by atoms with Crippen molar-refractivity contribution in [2.75, 3.05) is 6.54 Å². The maximum atomic E-state index is 9.61. The molecule has 6 heteroatoms. The van der Waals surface area contributed by atoms with Crippen molar-refractivity contribution in [2.24, 2.45) is 10.8 Å². The Labute approximate surface area is 269 Å². The largest absolute Gasteiger partial charge is 0.487 e. The van der Waals surface area contributed by atoms with Crippen LogP contribution in [0.2, 0.25) is 0 Å². The summed E-state index contributed by atoms with van der Waals surface area (Å²) in [6.07, 6.45) is 26.2. The number of unbranched alkanes of at least 4 members (excludes halogenated alkanes) is 15. The molecule has 1 fully saturated rings. The standard InChI is InChI=1S/C36H62N2O2S2/c1-5-6-7-8-9-10-11-12-13-14-15-16-17-18-19-20-23-30-24-21-22-25-32(30)40-34(42)37-29-36(4)27-31(38-33(39)41)26-35(2,3)28-36/h21-22,24-25,31H,5-20,23,26-29H2,1-4H3,(H,37,42)(H2,38,39,41). The lowest BCUT2D eigenvalue weighted by molar-refractivity contribution is 0.0785. The Morgan fingerprint density at radius 1 is 0.810 bits per heavy atom. The predicted octanol–water partition coefficient (Wildman–Crippen LogP) is 10.8. The van der Waals surface area contributed by atoms with Crippen molar-refractivity contribution >= 4 is 34.8 Å². The number of aryl methyl sites for hydroxylation is 1. The Bertz CT molecular complexity index is 906. The minimum atomic E-state index is -0.118. The molecular formula is C36H62N2O2S2. The average molecular weight is 619 g/mol. The van der Waals surface area contributed by atoms with Crippen LogP contribution in [0, 0.1) is 10.8 Å². The molecule has 2 rings (SSSR count). The van der Waals surface area contributed by atoms with Gasteiger partial charge in [0, 0.05) is 12.6 Å². The van der Waals surface area contributed by atoms with Crippen molar-refractivity contribution in [1.29, 1.82) is 0 Å². The first-order chi connectivity index (χ1) is 20.1. The van der Waals surface area contributed by atoms with Gasteiger partial charge in [-0.1, -0.05) is 142 Å². The lowest BCUT2D eigenvalue weighted by Gasteiger charge is -2.47. The van der Waals surface area contributed by atoms with Gasteiger partial charge in [0.2, 0.25) is 0 Å². The summed E-state index contributed by atoms with van der Waals surface area (Å²) in [5.41, 5.74) is 1.40. The number of rotatable bonds is 21. The summed E-state index contributed by atoms with van der Waals surface area (Å²) in [4.78, 5) is 0. The highest BCUT2D eigenvalue weighted by molar-refractivity contribution is 7.80. The van der Waals surface area contributed by atoms with E-state index in [1.165, 1.54) is 108 Å². The van der Waals surface area contributed by atoms with E-state index in [0.717, 1.165) is 38.0 Å². The van der Waals surface area contributed by atoms with Gasteiger partial charge in [-0.15, -0.1) is 0 Å². The number of para-hydroxylation sites is 1. The summed E-state index contributed by atoms with van der Waals surface area (Å²) in [7, 11) is 0. The summed E-state index contributed by atoms with van der Waals surface area (Å²) in [5, 5.41) is 16.4. The molecule has 42 heavy (non-hydrogen) atoms. The Balaban J connectivity index is 1.59. The topological polar surface area (TPSA) is 53.5 Å². The number of ether oxygens (including phenoxy) is 1. The molecule has 4 nitrogen and oxygen atoms in total. The fourth-order valence-electron chi connectivity index (χ4n) is 7.14. The monoisotopic (exact) mass is 618 g/mol. The third-order valence-corrected chi connectivity index (χ3v) is 9.25. The third-order valence-electron chi connectivity index (χ3n) is 8.91. The SMILES string of the molecule is CCCCCCCCCCCCCCCCCCc1ccccc1OC(=S)NCC1(C)CC(NC(O)=S)CC(C)(C)C1. The van der Waals surface area contributed by atoms with Gasteiger partial charge < -0.3 is 20.5 Å². The molecule has 1 aromatic carbocycles. The fourth-order valence-corrected chi connectivity index (χ4v) is 7.47. The molecule has 0 saturated heterocycles. The molecule has 3 N–H and O–H groups in total. The summed E-state index contributed by atoms with van der Waals surface area (Å²) >= 11 is 10.5. The number of hydrogen-bond acceptors (Lipinski definition) is 3. The second-order valence-electron chi connectivity index (χ2n) is 14.1. The molecular weight excluding hydrogens is 557 g/mol. The first-order valence-corrected chi connectivity index (χ1v) is 18.0. The van der Waals surface area contributed by atoms with Crippen LogP contribution in [0.5, 0.6) is 5.75 Å². The lowest BCUT2D eigenvalue weighted by Crippen LogP contribution is -2.50. The molecule has 1 aromatic rings. The molecule has 1 aliphatic rings. The molecule has 0 aliphatic heterocycles. The van der Waals surface area contributed by atoms with Crippen LogP contribution in [0.3, 0.4) is 0 Å². The number of thiocarbonyl (C=S) groups is 2. The Hall–Kier alpha value is -1.40. The van der Waals surface area contributed by atoms with Crippen molar-refractivity contribution in [3.05, 3.63) is 29.8 Å². The van der Waals surface area contributed by atoms with E-state index in [2.05, 4.69) is 50.5 Å². The Kier molecular flexibility index (Phi) is 18.0. The molecule has 1 saturated carbocycles. The van der Waals surface area contributed by atoms with E-state index < -0.39 is 0 Å². The summed E-state index contributed by atoms with van der Waals surface area (Å²) in [6, 6.07) is 8.47. The van der Waals surface area contributed by atoms with Gasteiger partial charge >= 0.3 is 0 Å². The molecule has 0 aromatic heterocycles. The van der Waals surface area contributed by atoms with Crippen LogP contribution in [0.4, 0.5) is 0 Å².